The zero-order valence-corrected chi connectivity index (χ0v) is 10.9. The van der Waals surface area contributed by atoms with Crippen LogP contribution in [0.3, 0.4) is 0 Å². The van der Waals surface area contributed by atoms with Crippen molar-refractivity contribution in [3.8, 4) is 0 Å². The van der Waals surface area contributed by atoms with Crippen molar-refractivity contribution in [3.63, 3.8) is 0 Å². The van der Waals surface area contributed by atoms with Crippen molar-refractivity contribution in [1.29, 1.82) is 0 Å². The standard InChI is InChI=1S/C14H17F2N3/c1-2-7-19-13(5-6-18-19)10-17-9-11-8-12(15)3-4-14(11)16/h3-6,8,17H,2,7,9-10H2,1H3. The molecule has 102 valence electrons. The second-order valence-corrected chi connectivity index (χ2v) is 4.38. The van der Waals surface area contributed by atoms with Gasteiger partial charge in [-0.1, -0.05) is 6.92 Å². The predicted molar refractivity (Wildman–Crippen MR) is 69.4 cm³/mol. The summed E-state index contributed by atoms with van der Waals surface area (Å²) in [7, 11) is 0. The first-order valence-corrected chi connectivity index (χ1v) is 6.36. The van der Waals surface area contributed by atoms with Gasteiger partial charge in [0.1, 0.15) is 11.6 Å². The van der Waals surface area contributed by atoms with Gasteiger partial charge in [-0.2, -0.15) is 5.10 Å². The van der Waals surface area contributed by atoms with Crippen molar-refractivity contribution in [1.82, 2.24) is 15.1 Å². The maximum atomic E-state index is 13.4. The molecule has 2 rings (SSSR count). The summed E-state index contributed by atoms with van der Waals surface area (Å²) in [5.74, 6) is -0.815. The zero-order valence-electron chi connectivity index (χ0n) is 10.9. The molecule has 0 unspecified atom stereocenters. The second kappa shape index (κ2) is 6.43. The predicted octanol–water partition coefficient (Wildman–Crippen LogP) is 2.86. The fourth-order valence-corrected chi connectivity index (χ4v) is 1.93. The molecule has 0 atom stereocenters. The van der Waals surface area contributed by atoms with Crippen LogP contribution in [0.2, 0.25) is 0 Å². The molecule has 0 saturated heterocycles. The molecule has 0 saturated carbocycles. The van der Waals surface area contributed by atoms with E-state index >= 15 is 0 Å². The largest absolute Gasteiger partial charge is 0.307 e. The molecular formula is C14H17F2N3. The summed E-state index contributed by atoms with van der Waals surface area (Å²) >= 11 is 0. The van der Waals surface area contributed by atoms with Crippen molar-refractivity contribution in [2.45, 2.75) is 33.0 Å². The molecule has 2 aromatic rings. The molecule has 0 aliphatic carbocycles. The molecule has 1 N–H and O–H groups in total. The van der Waals surface area contributed by atoms with E-state index < -0.39 is 11.6 Å². The maximum absolute atomic E-state index is 13.4. The van der Waals surface area contributed by atoms with Gasteiger partial charge in [-0.25, -0.2) is 8.78 Å². The molecular weight excluding hydrogens is 248 g/mol. The Labute approximate surface area is 111 Å². The summed E-state index contributed by atoms with van der Waals surface area (Å²) in [5, 5.41) is 7.31. The SMILES string of the molecule is CCCn1nccc1CNCc1cc(F)ccc1F. The van der Waals surface area contributed by atoms with Gasteiger partial charge in [0.25, 0.3) is 0 Å². The van der Waals surface area contributed by atoms with Crippen molar-refractivity contribution in [2.24, 2.45) is 0 Å². The van der Waals surface area contributed by atoms with E-state index in [0.717, 1.165) is 30.8 Å². The average Bonchev–Trinajstić information content (AvgIpc) is 2.82. The second-order valence-electron chi connectivity index (χ2n) is 4.38. The Balaban J connectivity index is 1.92. The minimum Gasteiger partial charge on any atom is -0.307 e. The summed E-state index contributed by atoms with van der Waals surface area (Å²) in [4.78, 5) is 0. The fraction of sp³-hybridized carbons (Fsp3) is 0.357. The highest BCUT2D eigenvalue weighted by atomic mass is 19.1. The molecule has 0 fully saturated rings. The molecule has 5 heteroatoms. The summed E-state index contributed by atoms with van der Waals surface area (Å²) in [6.45, 7) is 3.82. The van der Waals surface area contributed by atoms with Crippen LogP contribution < -0.4 is 5.32 Å². The molecule has 0 aliphatic heterocycles. The third-order valence-electron chi connectivity index (χ3n) is 2.87. The molecule has 0 bridgehead atoms. The van der Waals surface area contributed by atoms with E-state index in [-0.39, 0.29) is 0 Å². The van der Waals surface area contributed by atoms with Gasteiger partial charge in [0.2, 0.25) is 0 Å². The molecule has 19 heavy (non-hydrogen) atoms. The van der Waals surface area contributed by atoms with Crippen LogP contribution in [-0.2, 0) is 19.6 Å². The lowest BCUT2D eigenvalue weighted by Gasteiger charge is -2.08. The number of halogens is 2. The Bertz CT molecular complexity index is 537. The third kappa shape index (κ3) is 3.61. The number of nitrogens with one attached hydrogen (secondary N) is 1. The molecule has 0 aliphatic rings. The lowest BCUT2D eigenvalue weighted by atomic mass is 10.2. The molecule has 1 aromatic heterocycles. The highest BCUT2D eigenvalue weighted by Gasteiger charge is 2.05. The van der Waals surface area contributed by atoms with Gasteiger partial charge in [-0.3, -0.25) is 4.68 Å². The number of aryl methyl sites for hydroxylation is 1. The normalized spacial score (nSPS) is 10.9. The summed E-state index contributed by atoms with van der Waals surface area (Å²) in [6.07, 6.45) is 2.75. The smallest absolute Gasteiger partial charge is 0.127 e. The first kappa shape index (κ1) is 13.7. The topological polar surface area (TPSA) is 29.9 Å². The minimum atomic E-state index is -0.422. The minimum absolute atomic E-state index is 0.293. The number of hydrogen-bond donors (Lipinski definition) is 1. The Morgan fingerprint density at radius 2 is 2.05 bits per heavy atom. The van der Waals surface area contributed by atoms with E-state index in [1.54, 1.807) is 6.20 Å². The lowest BCUT2D eigenvalue weighted by Crippen LogP contribution is -2.17. The van der Waals surface area contributed by atoms with Gasteiger partial charge in [-0.05, 0) is 30.7 Å². The monoisotopic (exact) mass is 265 g/mol. The number of benzene rings is 1. The van der Waals surface area contributed by atoms with E-state index in [1.807, 2.05) is 10.7 Å². The quantitative estimate of drug-likeness (QED) is 0.870. The van der Waals surface area contributed by atoms with Crippen LogP contribution in [0, 0.1) is 11.6 Å². The van der Waals surface area contributed by atoms with E-state index in [2.05, 4.69) is 17.3 Å². The van der Waals surface area contributed by atoms with Crippen LogP contribution in [0.4, 0.5) is 8.78 Å². The Kier molecular flexibility index (Phi) is 4.63. The van der Waals surface area contributed by atoms with E-state index in [4.69, 9.17) is 0 Å². The highest BCUT2D eigenvalue weighted by Crippen LogP contribution is 2.09. The van der Waals surface area contributed by atoms with Crippen LogP contribution >= 0.6 is 0 Å². The van der Waals surface area contributed by atoms with Crippen molar-refractivity contribution < 1.29 is 8.78 Å². The van der Waals surface area contributed by atoms with Gasteiger partial charge in [0, 0.05) is 31.4 Å². The lowest BCUT2D eigenvalue weighted by molar-refractivity contribution is 0.537. The molecule has 1 heterocycles. The Morgan fingerprint density at radius 1 is 1.21 bits per heavy atom. The van der Waals surface area contributed by atoms with Gasteiger partial charge in [-0.15, -0.1) is 0 Å². The van der Waals surface area contributed by atoms with Crippen molar-refractivity contribution in [2.75, 3.05) is 0 Å². The average molecular weight is 265 g/mol. The van der Waals surface area contributed by atoms with Gasteiger partial charge in [0.05, 0.1) is 5.69 Å². The molecule has 0 spiro atoms. The Morgan fingerprint density at radius 3 is 2.84 bits per heavy atom. The third-order valence-corrected chi connectivity index (χ3v) is 2.87. The van der Waals surface area contributed by atoms with Crippen LogP contribution in [0.15, 0.2) is 30.5 Å². The molecule has 1 aromatic carbocycles. The first-order valence-electron chi connectivity index (χ1n) is 6.36. The number of nitrogens with zero attached hydrogens (tertiary/aromatic N) is 2. The van der Waals surface area contributed by atoms with Gasteiger partial charge < -0.3 is 5.32 Å². The van der Waals surface area contributed by atoms with Crippen LogP contribution in [0.1, 0.15) is 24.6 Å². The van der Waals surface area contributed by atoms with Gasteiger partial charge >= 0.3 is 0 Å². The highest BCUT2D eigenvalue weighted by molar-refractivity contribution is 5.18. The van der Waals surface area contributed by atoms with E-state index in [0.29, 0.717) is 18.7 Å². The molecule has 0 radical (unpaired) electrons. The number of hydrogen-bond acceptors (Lipinski definition) is 2. The Hall–Kier alpha value is -1.75. The van der Waals surface area contributed by atoms with E-state index in [1.165, 1.54) is 6.07 Å². The molecule has 0 amide bonds. The van der Waals surface area contributed by atoms with Crippen molar-refractivity contribution in [3.05, 3.63) is 53.4 Å². The van der Waals surface area contributed by atoms with Crippen molar-refractivity contribution >= 4 is 0 Å². The van der Waals surface area contributed by atoms with Crippen LogP contribution in [0.5, 0.6) is 0 Å². The molecule has 3 nitrogen and oxygen atoms in total. The summed E-state index contributed by atoms with van der Waals surface area (Å²) in [6, 6.07) is 5.40. The van der Waals surface area contributed by atoms with E-state index in [9.17, 15) is 8.78 Å². The zero-order chi connectivity index (χ0) is 13.7. The number of rotatable bonds is 6. The fourth-order valence-electron chi connectivity index (χ4n) is 1.93. The van der Waals surface area contributed by atoms with Gasteiger partial charge in [0.15, 0.2) is 0 Å². The van der Waals surface area contributed by atoms with Crippen LogP contribution in [-0.4, -0.2) is 9.78 Å². The summed E-state index contributed by atoms with van der Waals surface area (Å²) < 4.78 is 28.3. The number of aromatic nitrogens is 2. The summed E-state index contributed by atoms with van der Waals surface area (Å²) in [5.41, 5.74) is 1.38. The first-order chi connectivity index (χ1) is 9.20. The maximum Gasteiger partial charge on any atom is 0.127 e. The van der Waals surface area contributed by atoms with Crippen LogP contribution in [0.25, 0.3) is 0 Å².